The van der Waals surface area contributed by atoms with Gasteiger partial charge in [0.15, 0.2) is 0 Å². The average Bonchev–Trinajstić information content (AvgIpc) is 2.12. The van der Waals surface area contributed by atoms with Crippen molar-refractivity contribution in [3.8, 4) is 0 Å². The van der Waals surface area contributed by atoms with Crippen LogP contribution in [0.5, 0.6) is 0 Å². The van der Waals surface area contributed by atoms with Crippen LogP contribution in [-0.2, 0) is 9.59 Å². The van der Waals surface area contributed by atoms with Crippen molar-refractivity contribution in [1.29, 1.82) is 0 Å². The van der Waals surface area contributed by atoms with Crippen LogP contribution in [0.25, 0.3) is 0 Å². The van der Waals surface area contributed by atoms with E-state index in [1.54, 1.807) is 0 Å². The van der Waals surface area contributed by atoms with Crippen LogP contribution in [0, 0.1) is 5.92 Å². The molecule has 92 valence electrons. The minimum absolute atomic E-state index is 1.06. The van der Waals surface area contributed by atoms with Crippen LogP contribution in [0.1, 0.15) is 6.42 Å². The number of alkyl halides is 4. The van der Waals surface area contributed by atoms with Crippen molar-refractivity contribution >= 4 is 11.9 Å². The summed E-state index contributed by atoms with van der Waals surface area (Å²) in [6.07, 6.45) is -5.86. The predicted octanol–water partition coefficient (Wildman–Crippen LogP) is 1.62. The SMILES string of the molecule is C=C(C(=O)O)C(CC(F)(F)C(F)F)C(=O)O. The van der Waals surface area contributed by atoms with Crippen LogP contribution in [0.2, 0.25) is 0 Å². The maximum atomic E-state index is 12.5. The van der Waals surface area contributed by atoms with Gasteiger partial charge < -0.3 is 10.2 Å². The molecule has 0 aromatic rings. The summed E-state index contributed by atoms with van der Waals surface area (Å²) < 4.78 is 48.6. The molecule has 0 spiro atoms. The molecule has 0 saturated carbocycles. The predicted molar refractivity (Wildman–Crippen MR) is 43.5 cm³/mol. The van der Waals surface area contributed by atoms with Gasteiger partial charge >= 0.3 is 24.3 Å². The van der Waals surface area contributed by atoms with Crippen LogP contribution in [0.15, 0.2) is 12.2 Å². The van der Waals surface area contributed by atoms with Crippen molar-refractivity contribution in [2.75, 3.05) is 0 Å². The third-order valence-corrected chi connectivity index (χ3v) is 1.79. The maximum Gasteiger partial charge on any atom is 0.331 e. The van der Waals surface area contributed by atoms with E-state index in [4.69, 9.17) is 10.2 Å². The summed E-state index contributed by atoms with van der Waals surface area (Å²) in [5.41, 5.74) is -1.06. The van der Waals surface area contributed by atoms with E-state index < -0.39 is 42.2 Å². The van der Waals surface area contributed by atoms with Crippen LogP contribution in [0.4, 0.5) is 17.6 Å². The molecule has 0 aromatic carbocycles. The van der Waals surface area contributed by atoms with Gasteiger partial charge in [-0.3, -0.25) is 4.79 Å². The number of carboxylic acids is 2. The molecule has 0 heterocycles. The fourth-order valence-corrected chi connectivity index (χ4v) is 0.870. The topological polar surface area (TPSA) is 74.6 Å². The zero-order chi connectivity index (χ0) is 13.1. The molecule has 0 aliphatic rings. The Balaban J connectivity index is 4.92. The Morgan fingerprint density at radius 1 is 1.25 bits per heavy atom. The van der Waals surface area contributed by atoms with Crippen LogP contribution in [0.3, 0.4) is 0 Å². The van der Waals surface area contributed by atoms with E-state index >= 15 is 0 Å². The molecular weight excluding hydrogens is 236 g/mol. The Morgan fingerprint density at radius 2 is 1.69 bits per heavy atom. The number of hydrogen-bond acceptors (Lipinski definition) is 2. The first-order chi connectivity index (χ1) is 7.09. The van der Waals surface area contributed by atoms with Crippen molar-refractivity contribution in [1.82, 2.24) is 0 Å². The molecule has 1 unspecified atom stereocenters. The third kappa shape index (κ3) is 3.52. The fourth-order valence-electron chi connectivity index (χ4n) is 0.870. The highest BCUT2D eigenvalue weighted by Gasteiger charge is 2.45. The standard InChI is InChI=1S/C8H8F4O4/c1-3(5(13)14)4(6(15)16)2-8(11,12)7(9)10/h4,7H,1-2H2,(H,13,14)(H,15,16). The molecule has 0 bridgehead atoms. The lowest BCUT2D eigenvalue weighted by Gasteiger charge is -2.19. The van der Waals surface area contributed by atoms with Crippen molar-refractivity contribution < 1.29 is 37.4 Å². The van der Waals surface area contributed by atoms with Gasteiger partial charge in [-0.15, -0.1) is 0 Å². The molecular formula is C8H8F4O4. The van der Waals surface area contributed by atoms with Crippen LogP contribution >= 0.6 is 0 Å². The Morgan fingerprint density at radius 3 is 1.94 bits per heavy atom. The van der Waals surface area contributed by atoms with Gasteiger partial charge in [-0.2, -0.15) is 0 Å². The summed E-state index contributed by atoms with van der Waals surface area (Å²) in [6, 6.07) is 0. The molecule has 16 heavy (non-hydrogen) atoms. The second-order valence-electron chi connectivity index (χ2n) is 2.99. The Kier molecular flexibility index (Phi) is 4.46. The van der Waals surface area contributed by atoms with Gasteiger partial charge in [0.25, 0.3) is 0 Å². The molecule has 8 heteroatoms. The Bertz CT molecular complexity index is 313. The van der Waals surface area contributed by atoms with E-state index in [1.165, 1.54) is 0 Å². The summed E-state index contributed by atoms with van der Waals surface area (Å²) in [7, 11) is 0. The zero-order valence-electron chi connectivity index (χ0n) is 7.79. The number of carboxylic acid groups (broad SMARTS) is 2. The fraction of sp³-hybridized carbons (Fsp3) is 0.500. The molecule has 0 aliphatic carbocycles. The highest BCUT2D eigenvalue weighted by molar-refractivity contribution is 5.93. The molecule has 0 radical (unpaired) electrons. The zero-order valence-corrected chi connectivity index (χ0v) is 7.79. The summed E-state index contributed by atoms with van der Waals surface area (Å²) in [6.45, 7) is 2.76. The average molecular weight is 244 g/mol. The second-order valence-corrected chi connectivity index (χ2v) is 2.99. The van der Waals surface area contributed by atoms with Crippen molar-refractivity contribution in [3.05, 3.63) is 12.2 Å². The van der Waals surface area contributed by atoms with Crippen molar-refractivity contribution in [3.63, 3.8) is 0 Å². The molecule has 1 atom stereocenters. The number of rotatable bonds is 6. The van der Waals surface area contributed by atoms with Gasteiger partial charge in [0.05, 0.1) is 5.92 Å². The highest BCUT2D eigenvalue weighted by Crippen LogP contribution is 2.32. The third-order valence-electron chi connectivity index (χ3n) is 1.79. The van der Waals surface area contributed by atoms with E-state index in [0.717, 1.165) is 0 Å². The number of aliphatic carboxylic acids is 2. The summed E-state index contributed by atoms with van der Waals surface area (Å²) in [5.74, 6) is -10.6. The van der Waals surface area contributed by atoms with Gasteiger partial charge in [0.2, 0.25) is 0 Å². The van der Waals surface area contributed by atoms with Gasteiger partial charge in [0.1, 0.15) is 0 Å². The lowest BCUT2D eigenvalue weighted by molar-refractivity contribution is -0.158. The van der Waals surface area contributed by atoms with Gasteiger partial charge in [0, 0.05) is 12.0 Å². The number of hydrogen-bond donors (Lipinski definition) is 2. The van der Waals surface area contributed by atoms with Crippen molar-refractivity contribution in [2.45, 2.75) is 18.8 Å². The normalized spacial score (nSPS) is 13.6. The van der Waals surface area contributed by atoms with Crippen LogP contribution in [-0.4, -0.2) is 34.5 Å². The largest absolute Gasteiger partial charge is 0.481 e. The second kappa shape index (κ2) is 4.95. The monoisotopic (exact) mass is 244 g/mol. The first-order valence-corrected chi connectivity index (χ1v) is 3.90. The maximum absolute atomic E-state index is 12.5. The number of carbonyl (C=O) groups is 2. The molecule has 0 rings (SSSR count). The Hall–Kier alpha value is -1.60. The minimum Gasteiger partial charge on any atom is -0.481 e. The first-order valence-electron chi connectivity index (χ1n) is 3.90. The molecule has 0 saturated heterocycles. The summed E-state index contributed by atoms with van der Waals surface area (Å²) in [4.78, 5) is 20.7. The molecule has 0 amide bonds. The smallest absolute Gasteiger partial charge is 0.331 e. The van der Waals surface area contributed by atoms with E-state index in [9.17, 15) is 27.2 Å². The number of halogens is 4. The lowest BCUT2D eigenvalue weighted by Crippen LogP contribution is -2.34. The first kappa shape index (κ1) is 14.4. The Labute approximate surface area is 87.2 Å². The van der Waals surface area contributed by atoms with Crippen LogP contribution < -0.4 is 0 Å². The summed E-state index contributed by atoms with van der Waals surface area (Å²) >= 11 is 0. The quantitative estimate of drug-likeness (QED) is 0.550. The summed E-state index contributed by atoms with van der Waals surface area (Å²) in [5, 5.41) is 16.8. The van der Waals surface area contributed by atoms with E-state index in [-0.39, 0.29) is 0 Å². The van der Waals surface area contributed by atoms with E-state index in [0.29, 0.717) is 0 Å². The molecule has 4 nitrogen and oxygen atoms in total. The minimum atomic E-state index is -4.57. The van der Waals surface area contributed by atoms with E-state index in [1.807, 2.05) is 0 Å². The highest BCUT2D eigenvalue weighted by atomic mass is 19.3. The molecule has 0 fully saturated rings. The van der Waals surface area contributed by atoms with Crippen molar-refractivity contribution in [2.24, 2.45) is 5.92 Å². The molecule has 0 aliphatic heterocycles. The van der Waals surface area contributed by atoms with Gasteiger partial charge in [-0.1, -0.05) is 6.58 Å². The van der Waals surface area contributed by atoms with Gasteiger partial charge in [-0.25, -0.2) is 22.4 Å². The molecule has 2 N–H and O–H groups in total. The lowest BCUT2D eigenvalue weighted by atomic mass is 9.93. The van der Waals surface area contributed by atoms with E-state index in [2.05, 4.69) is 6.58 Å². The molecule has 0 aromatic heterocycles. The van der Waals surface area contributed by atoms with Gasteiger partial charge in [-0.05, 0) is 0 Å².